The quantitative estimate of drug-likeness (QED) is 0.800. The molecule has 3 aliphatic rings. The van der Waals surface area contributed by atoms with Gasteiger partial charge in [0.25, 0.3) is 0 Å². The third-order valence-corrected chi connectivity index (χ3v) is 6.34. The molecule has 8 heteroatoms. The van der Waals surface area contributed by atoms with Crippen LogP contribution in [0.3, 0.4) is 0 Å². The number of hydrogen-bond acceptors (Lipinski definition) is 7. The Balaban J connectivity index is 2.00. The van der Waals surface area contributed by atoms with Gasteiger partial charge in [-0.25, -0.2) is 0 Å². The second-order valence-electron chi connectivity index (χ2n) is 7.25. The molecule has 2 unspecified atom stereocenters. The number of nitriles is 3. The molecule has 146 valence electrons. The van der Waals surface area contributed by atoms with Crippen LogP contribution in [0.25, 0.3) is 0 Å². The van der Waals surface area contributed by atoms with Crippen LogP contribution in [-0.2, 0) is 0 Å². The van der Waals surface area contributed by atoms with E-state index in [0.717, 1.165) is 12.1 Å². The fourth-order valence-electron chi connectivity index (χ4n) is 4.51. The van der Waals surface area contributed by atoms with E-state index in [1.165, 1.54) is 0 Å². The summed E-state index contributed by atoms with van der Waals surface area (Å²) in [6, 6.07) is 9.73. The van der Waals surface area contributed by atoms with Gasteiger partial charge in [-0.05, 0) is 23.7 Å². The molecular formula is C21H18ClN5O2. The van der Waals surface area contributed by atoms with Crippen molar-refractivity contribution >= 4 is 11.6 Å². The molecule has 1 aromatic rings. The molecule has 0 bridgehead atoms. The largest absolute Gasteiger partial charge is 0.454 e. The monoisotopic (exact) mass is 407 g/mol. The molecule has 0 amide bonds. The molecule has 0 saturated heterocycles. The molecule has 0 radical (unpaired) electrons. The Morgan fingerprint density at radius 3 is 2.55 bits per heavy atom. The molecule has 2 heterocycles. The van der Waals surface area contributed by atoms with Crippen molar-refractivity contribution in [3.63, 3.8) is 0 Å². The van der Waals surface area contributed by atoms with Crippen LogP contribution in [0.15, 0.2) is 35.1 Å². The van der Waals surface area contributed by atoms with Gasteiger partial charge in [0.05, 0.1) is 23.4 Å². The minimum absolute atomic E-state index is 0.0174. The van der Waals surface area contributed by atoms with Gasteiger partial charge in [0.2, 0.25) is 6.79 Å². The third kappa shape index (κ3) is 2.65. The molecule has 0 aromatic heterocycles. The number of hydrogen-bond donors (Lipinski definition) is 1. The van der Waals surface area contributed by atoms with Crippen molar-refractivity contribution in [2.75, 3.05) is 26.4 Å². The standard InChI is InChI=1S/C21H18ClN5O2/c1-2-27-4-3-12-14(7-23)20(26)21(9-24,10-25)19(15(12)8-27)13-5-17-18(6-16(13)22)29-11-28-17/h3,5-6,15,19H,2,4,8,11,26H2,1H3. The maximum atomic E-state index is 10.1. The van der Waals surface area contributed by atoms with Crippen LogP contribution < -0.4 is 15.2 Å². The Kier molecular flexibility index (Phi) is 4.63. The van der Waals surface area contributed by atoms with Gasteiger partial charge in [-0.3, -0.25) is 4.90 Å². The first-order valence-electron chi connectivity index (χ1n) is 9.25. The van der Waals surface area contributed by atoms with E-state index in [1.807, 2.05) is 13.0 Å². The van der Waals surface area contributed by atoms with E-state index in [-0.39, 0.29) is 24.0 Å². The fraction of sp³-hybridized carbons (Fsp3) is 0.381. The van der Waals surface area contributed by atoms with E-state index in [1.54, 1.807) is 12.1 Å². The summed E-state index contributed by atoms with van der Waals surface area (Å²) in [5, 5.41) is 30.4. The molecular weight excluding hydrogens is 390 g/mol. The van der Waals surface area contributed by atoms with Crippen LogP contribution in [0.5, 0.6) is 11.5 Å². The molecule has 7 nitrogen and oxygen atoms in total. The smallest absolute Gasteiger partial charge is 0.231 e. The van der Waals surface area contributed by atoms with Crippen molar-refractivity contribution in [3.8, 4) is 29.7 Å². The predicted molar refractivity (Wildman–Crippen MR) is 104 cm³/mol. The van der Waals surface area contributed by atoms with Gasteiger partial charge >= 0.3 is 0 Å². The van der Waals surface area contributed by atoms with Crippen LogP contribution in [0.1, 0.15) is 18.4 Å². The minimum Gasteiger partial charge on any atom is -0.454 e. The van der Waals surface area contributed by atoms with Gasteiger partial charge < -0.3 is 15.2 Å². The SMILES string of the molecule is CCN1CC=C2C(C#N)=C(N)C(C#N)(C#N)C(c3cc4c(cc3Cl)OCO4)C2C1. The second-order valence-corrected chi connectivity index (χ2v) is 7.66. The number of likely N-dealkylation sites (N-methyl/N-ethyl adjacent to an activating group) is 1. The number of nitrogens with two attached hydrogens (primary N) is 1. The van der Waals surface area contributed by atoms with Crippen molar-refractivity contribution in [1.82, 2.24) is 4.90 Å². The van der Waals surface area contributed by atoms with E-state index in [4.69, 9.17) is 26.8 Å². The highest BCUT2D eigenvalue weighted by Gasteiger charge is 2.55. The number of benzene rings is 1. The summed E-state index contributed by atoms with van der Waals surface area (Å²) in [6.07, 6.45) is 1.97. The highest BCUT2D eigenvalue weighted by Crippen LogP contribution is 2.56. The van der Waals surface area contributed by atoms with E-state index in [9.17, 15) is 15.8 Å². The maximum Gasteiger partial charge on any atom is 0.231 e. The number of nitrogens with zero attached hydrogens (tertiary/aromatic N) is 4. The van der Waals surface area contributed by atoms with Crippen molar-refractivity contribution in [2.45, 2.75) is 12.8 Å². The lowest BCUT2D eigenvalue weighted by atomic mass is 9.58. The van der Waals surface area contributed by atoms with E-state index in [2.05, 4.69) is 23.1 Å². The molecule has 29 heavy (non-hydrogen) atoms. The van der Waals surface area contributed by atoms with Crippen molar-refractivity contribution in [3.05, 3.63) is 45.6 Å². The summed E-state index contributed by atoms with van der Waals surface area (Å²) in [5.41, 5.74) is 6.16. The Hall–Kier alpha value is -3.18. The number of allylic oxidation sites excluding steroid dienone is 2. The lowest BCUT2D eigenvalue weighted by molar-refractivity contribution is 0.173. The Labute approximate surface area is 173 Å². The lowest BCUT2D eigenvalue weighted by Gasteiger charge is -2.45. The van der Waals surface area contributed by atoms with Crippen LogP contribution >= 0.6 is 11.6 Å². The molecule has 2 atom stereocenters. The summed E-state index contributed by atoms with van der Waals surface area (Å²) >= 11 is 6.59. The van der Waals surface area contributed by atoms with E-state index in [0.29, 0.717) is 35.2 Å². The molecule has 1 aliphatic carbocycles. The first kappa shape index (κ1) is 19.2. The van der Waals surface area contributed by atoms with Crippen LogP contribution in [0.2, 0.25) is 5.02 Å². The van der Waals surface area contributed by atoms with Gasteiger partial charge in [0.15, 0.2) is 16.9 Å². The molecule has 0 saturated carbocycles. The first-order valence-corrected chi connectivity index (χ1v) is 9.63. The van der Waals surface area contributed by atoms with Crippen LogP contribution in [-0.4, -0.2) is 31.3 Å². The molecule has 1 aromatic carbocycles. The Morgan fingerprint density at radius 2 is 1.93 bits per heavy atom. The summed E-state index contributed by atoms with van der Waals surface area (Å²) in [6.45, 7) is 4.19. The highest BCUT2D eigenvalue weighted by molar-refractivity contribution is 6.31. The number of halogens is 1. The summed E-state index contributed by atoms with van der Waals surface area (Å²) in [4.78, 5) is 2.19. The number of ether oxygens (including phenoxy) is 2. The Morgan fingerprint density at radius 1 is 1.24 bits per heavy atom. The van der Waals surface area contributed by atoms with Crippen molar-refractivity contribution < 1.29 is 9.47 Å². The van der Waals surface area contributed by atoms with E-state index < -0.39 is 11.3 Å². The van der Waals surface area contributed by atoms with Gasteiger partial charge in [-0.15, -0.1) is 0 Å². The molecule has 2 aliphatic heterocycles. The highest BCUT2D eigenvalue weighted by atomic mass is 35.5. The third-order valence-electron chi connectivity index (χ3n) is 6.01. The van der Waals surface area contributed by atoms with Crippen LogP contribution in [0, 0.1) is 45.3 Å². The van der Waals surface area contributed by atoms with Crippen molar-refractivity contribution in [1.29, 1.82) is 15.8 Å². The molecule has 2 N–H and O–H groups in total. The summed E-state index contributed by atoms with van der Waals surface area (Å²) in [7, 11) is 0. The average molecular weight is 408 g/mol. The van der Waals surface area contributed by atoms with Crippen molar-refractivity contribution in [2.24, 2.45) is 17.1 Å². The summed E-state index contributed by atoms with van der Waals surface area (Å²) < 4.78 is 10.9. The minimum atomic E-state index is -1.72. The first-order chi connectivity index (χ1) is 14.0. The topological polar surface area (TPSA) is 119 Å². The average Bonchev–Trinajstić information content (AvgIpc) is 3.19. The zero-order valence-corrected chi connectivity index (χ0v) is 16.5. The maximum absolute atomic E-state index is 10.1. The molecule has 4 rings (SSSR count). The number of rotatable bonds is 2. The zero-order valence-electron chi connectivity index (χ0n) is 15.8. The second kappa shape index (κ2) is 7.01. The van der Waals surface area contributed by atoms with Crippen LogP contribution in [0.4, 0.5) is 0 Å². The fourth-order valence-corrected chi connectivity index (χ4v) is 4.78. The van der Waals surface area contributed by atoms with Gasteiger partial charge in [0, 0.05) is 36.0 Å². The van der Waals surface area contributed by atoms with E-state index >= 15 is 0 Å². The van der Waals surface area contributed by atoms with Gasteiger partial charge in [-0.2, -0.15) is 15.8 Å². The summed E-state index contributed by atoms with van der Waals surface area (Å²) in [5.74, 6) is 0.0846. The van der Waals surface area contributed by atoms with Gasteiger partial charge in [0.1, 0.15) is 6.07 Å². The lowest BCUT2D eigenvalue weighted by Crippen LogP contribution is -2.48. The molecule has 0 spiro atoms. The predicted octanol–water partition coefficient (Wildman–Crippen LogP) is 2.81. The van der Waals surface area contributed by atoms with Gasteiger partial charge in [-0.1, -0.05) is 24.6 Å². The number of fused-ring (bicyclic) bond motifs is 2. The Bertz CT molecular complexity index is 1060. The normalized spacial score (nSPS) is 24.7. The zero-order chi connectivity index (χ0) is 20.8. The molecule has 0 fully saturated rings.